The fourth-order valence-electron chi connectivity index (χ4n) is 5.23. The van der Waals surface area contributed by atoms with Gasteiger partial charge in [0.1, 0.15) is 12.2 Å². The fraction of sp³-hybridized carbons (Fsp3) is 0.483. The Morgan fingerprint density at radius 2 is 1.62 bits per heavy atom. The Morgan fingerprint density at radius 1 is 1.03 bits per heavy atom. The van der Waals surface area contributed by atoms with Gasteiger partial charge in [-0.15, -0.1) is 0 Å². The lowest BCUT2D eigenvalue weighted by Gasteiger charge is -2.33. The number of rotatable bonds is 9. The van der Waals surface area contributed by atoms with Crippen LogP contribution >= 0.6 is 0 Å². The number of nitrogens with zero attached hydrogens (tertiary/aromatic N) is 1. The van der Waals surface area contributed by atoms with Gasteiger partial charge in [0, 0.05) is 12.3 Å². The zero-order valence-corrected chi connectivity index (χ0v) is 21.8. The molecule has 2 aliphatic rings. The van der Waals surface area contributed by atoms with Gasteiger partial charge >= 0.3 is 12.1 Å². The zero-order chi connectivity index (χ0) is 26.4. The number of nitrogens with one attached hydrogen (secondary N) is 1. The third kappa shape index (κ3) is 7.10. The molecule has 0 spiro atoms. The molecule has 1 N–H and O–H groups in total. The predicted octanol–water partition coefficient (Wildman–Crippen LogP) is 4.47. The van der Waals surface area contributed by atoms with E-state index in [0.717, 1.165) is 48.2 Å². The van der Waals surface area contributed by atoms with Crippen LogP contribution in [-0.4, -0.2) is 61.5 Å². The van der Waals surface area contributed by atoms with Crippen LogP contribution in [0.5, 0.6) is 0 Å². The van der Waals surface area contributed by atoms with E-state index >= 15 is 0 Å². The standard InChI is InChI=1S/C29H36N2O6/c1-29(2,3)37-27(33)17-31-14-12-20(13-15-31)16-26(36-19-32)30-28(34)35-18-25-23-10-6-4-8-21(23)22-9-5-7-11-24(22)25/h4-11,19-20,25-26H,12-18H2,1-3H3,(H,30,34)/t26-/m1/s1. The Hall–Kier alpha value is -3.39. The van der Waals surface area contributed by atoms with Crippen molar-refractivity contribution in [3.63, 3.8) is 0 Å². The highest BCUT2D eigenvalue weighted by Gasteiger charge is 2.30. The van der Waals surface area contributed by atoms with Gasteiger partial charge in [0.15, 0.2) is 6.23 Å². The van der Waals surface area contributed by atoms with Crippen LogP contribution in [0.2, 0.25) is 0 Å². The van der Waals surface area contributed by atoms with Gasteiger partial charge < -0.3 is 14.2 Å². The molecule has 1 aliphatic heterocycles. The number of hydrogen-bond donors (Lipinski definition) is 1. The number of fused-ring (bicyclic) bond motifs is 3. The van der Waals surface area contributed by atoms with Crippen LogP contribution in [0.4, 0.5) is 4.79 Å². The molecule has 198 valence electrons. The third-order valence-corrected chi connectivity index (χ3v) is 6.87. The number of ether oxygens (including phenoxy) is 3. The second-order valence-corrected chi connectivity index (χ2v) is 10.7. The van der Waals surface area contributed by atoms with Crippen molar-refractivity contribution in [2.45, 2.75) is 57.8 Å². The van der Waals surface area contributed by atoms with Gasteiger partial charge in [-0.1, -0.05) is 48.5 Å². The minimum absolute atomic E-state index is 0.0436. The molecule has 1 fully saturated rings. The molecule has 1 aliphatic carbocycles. The lowest BCUT2D eigenvalue weighted by Crippen LogP contribution is -2.43. The first-order valence-electron chi connectivity index (χ1n) is 12.9. The number of amides is 1. The van der Waals surface area contributed by atoms with Crippen LogP contribution in [0.15, 0.2) is 48.5 Å². The Labute approximate surface area is 218 Å². The lowest BCUT2D eigenvalue weighted by atomic mass is 9.93. The van der Waals surface area contributed by atoms with Gasteiger partial charge in [0.05, 0.1) is 6.54 Å². The van der Waals surface area contributed by atoms with Gasteiger partial charge in [-0.25, -0.2) is 4.79 Å². The molecule has 1 atom stereocenters. The molecule has 0 saturated carbocycles. The van der Waals surface area contributed by atoms with Crippen molar-refractivity contribution in [3.8, 4) is 11.1 Å². The summed E-state index contributed by atoms with van der Waals surface area (Å²) >= 11 is 0. The van der Waals surface area contributed by atoms with Crippen molar-refractivity contribution in [2.75, 3.05) is 26.2 Å². The number of esters is 1. The number of piperidine rings is 1. The summed E-state index contributed by atoms with van der Waals surface area (Å²) in [5.74, 6) is -0.0309. The van der Waals surface area contributed by atoms with Gasteiger partial charge in [0.2, 0.25) is 0 Å². The average molecular weight is 509 g/mol. The molecular weight excluding hydrogens is 472 g/mol. The molecule has 2 aromatic carbocycles. The van der Waals surface area contributed by atoms with Crippen LogP contribution in [0.1, 0.15) is 57.1 Å². The number of likely N-dealkylation sites (tertiary alicyclic amines) is 1. The first-order chi connectivity index (χ1) is 17.7. The van der Waals surface area contributed by atoms with Crippen molar-refractivity contribution >= 4 is 18.5 Å². The lowest BCUT2D eigenvalue weighted by molar-refractivity contribution is -0.156. The minimum Gasteiger partial charge on any atom is -0.459 e. The Bertz CT molecular complexity index is 1060. The molecule has 4 rings (SSSR count). The van der Waals surface area contributed by atoms with E-state index in [2.05, 4.69) is 34.5 Å². The summed E-state index contributed by atoms with van der Waals surface area (Å²) in [5, 5.41) is 2.70. The largest absolute Gasteiger partial charge is 0.459 e. The van der Waals surface area contributed by atoms with E-state index in [1.165, 1.54) is 0 Å². The predicted molar refractivity (Wildman–Crippen MR) is 139 cm³/mol. The SMILES string of the molecule is CC(C)(C)OC(=O)CN1CCC(C[C@H](NC(=O)OCC2c3ccccc3-c3ccccc32)OC=O)CC1. The molecule has 1 saturated heterocycles. The van der Waals surface area contributed by atoms with Crippen molar-refractivity contribution in [3.05, 3.63) is 59.7 Å². The van der Waals surface area contributed by atoms with Crippen LogP contribution in [0.25, 0.3) is 11.1 Å². The minimum atomic E-state index is -0.768. The van der Waals surface area contributed by atoms with E-state index in [-0.39, 0.29) is 31.0 Å². The molecule has 1 heterocycles. The molecule has 0 aromatic heterocycles. The number of carbonyl (C=O) groups is 3. The first-order valence-corrected chi connectivity index (χ1v) is 12.9. The smallest absolute Gasteiger partial charge is 0.410 e. The van der Waals surface area contributed by atoms with Crippen LogP contribution in [0, 0.1) is 5.92 Å². The zero-order valence-electron chi connectivity index (χ0n) is 21.8. The molecule has 8 heteroatoms. The van der Waals surface area contributed by atoms with Gasteiger partial charge in [-0.05, 0) is 74.9 Å². The number of alkyl carbamates (subject to hydrolysis) is 1. The van der Waals surface area contributed by atoms with Crippen LogP contribution in [-0.2, 0) is 23.8 Å². The highest BCUT2D eigenvalue weighted by Crippen LogP contribution is 2.44. The van der Waals surface area contributed by atoms with Crippen LogP contribution < -0.4 is 5.32 Å². The van der Waals surface area contributed by atoms with Crippen LogP contribution in [0.3, 0.4) is 0 Å². The van der Waals surface area contributed by atoms with Crippen molar-refractivity contribution in [1.29, 1.82) is 0 Å². The maximum Gasteiger partial charge on any atom is 0.410 e. The number of hydrogen-bond acceptors (Lipinski definition) is 7. The Morgan fingerprint density at radius 3 is 2.19 bits per heavy atom. The molecule has 0 radical (unpaired) electrons. The molecule has 8 nitrogen and oxygen atoms in total. The highest BCUT2D eigenvalue weighted by atomic mass is 16.6. The van der Waals surface area contributed by atoms with E-state index < -0.39 is 17.9 Å². The maximum absolute atomic E-state index is 12.6. The van der Waals surface area contributed by atoms with Gasteiger partial charge in [-0.2, -0.15) is 0 Å². The van der Waals surface area contributed by atoms with Crippen molar-refractivity contribution in [1.82, 2.24) is 10.2 Å². The highest BCUT2D eigenvalue weighted by molar-refractivity contribution is 5.79. The van der Waals surface area contributed by atoms with E-state index in [9.17, 15) is 14.4 Å². The van der Waals surface area contributed by atoms with Crippen molar-refractivity contribution < 1.29 is 28.6 Å². The normalized spacial score (nSPS) is 16.8. The molecular formula is C29H36N2O6. The monoisotopic (exact) mass is 508 g/mol. The van der Waals surface area contributed by atoms with Gasteiger partial charge in [0.25, 0.3) is 6.47 Å². The molecule has 0 unspecified atom stereocenters. The third-order valence-electron chi connectivity index (χ3n) is 6.87. The maximum atomic E-state index is 12.6. The first kappa shape index (κ1) is 26.7. The second-order valence-electron chi connectivity index (χ2n) is 10.7. The van der Waals surface area contributed by atoms with E-state index in [4.69, 9.17) is 14.2 Å². The van der Waals surface area contributed by atoms with Crippen molar-refractivity contribution in [2.24, 2.45) is 5.92 Å². The summed E-state index contributed by atoms with van der Waals surface area (Å²) < 4.78 is 16.2. The fourth-order valence-corrected chi connectivity index (χ4v) is 5.23. The van der Waals surface area contributed by atoms with Gasteiger partial charge in [-0.3, -0.25) is 19.8 Å². The number of carbonyl (C=O) groups excluding carboxylic acids is 3. The average Bonchev–Trinajstić information content (AvgIpc) is 3.17. The molecule has 0 bridgehead atoms. The van der Waals surface area contributed by atoms with E-state index in [1.54, 1.807) is 0 Å². The topological polar surface area (TPSA) is 94.2 Å². The molecule has 37 heavy (non-hydrogen) atoms. The second kappa shape index (κ2) is 11.8. The molecule has 2 aromatic rings. The van der Waals surface area contributed by atoms with E-state index in [0.29, 0.717) is 12.9 Å². The summed E-state index contributed by atoms with van der Waals surface area (Å²) in [4.78, 5) is 37.9. The number of benzene rings is 2. The summed E-state index contributed by atoms with van der Waals surface area (Å²) in [6, 6.07) is 16.3. The summed E-state index contributed by atoms with van der Waals surface area (Å²) in [7, 11) is 0. The Kier molecular flexibility index (Phi) is 8.48. The summed E-state index contributed by atoms with van der Waals surface area (Å²) in [6.07, 6.45) is 0.761. The Balaban J connectivity index is 1.26. The molecule has 1 amide bonds. The van der Waals surface area contributed by atoms with E-state index in [1.807, 2.05) is 45.0 Å². The quantitative estimate of drug-likeness (QED) is 0.231. The summed E-state index contributed by atoms with van der Waals surface area (Å²) in [6.45, 7) is 7.85. The summed E-state index contributed by atoms with van der Waals surface area (Å²) in [5.41, 5.74) is 4.09.